The van der Waals surface area contributed by atoms with Gasteiger partial charge in [-0.3, -0.25) is 9.63 Å². The third-order valence-electron chi connectivity index (χ3n) is 3.52. The number of halogens is 1. The Morgan fingerprint density at radius 2 is 2.16 bits per heavy atom. The van der Waals surface area contributed by atoms with Crippen molar-refractivity contribution in [1.29, 1.82) is 0 Å². The molecule has 0 radical (unpaired) electrons. The number of carbonyl (C=O) groups excluding carboxylic acids is 1. The average Bonchev–Trinajstić information content (AvgIpc) is 2.91. The molecule has 0 saturated heterocycles. The van der Waals surface area contributed by atoms with Crippen molar-refractivity contribution in [2.45, 2.75) is 51.6 Å². The third kappa shape index (κ3) is 4.51. The Bertz CT molecular complexity index is 442. The predicted octanol–water partition coefficient (Wildman–Crippen LogP) is 3.57. The van der Waals surface area contributed by atoms with Gasteiger partial charge < -0.3 is 0 Å². The molecule has 1 aromatic rings. The van der Waals surface area contributed by atoms with Gasteiger partial charge in [-0.1, -0.05) is 36.6 Å². The van der Waals surface area contributed by atoms with Gasteiger partial charge in [-0.15, -0.1) is 0 Å². The highest BCUT2D eigenvalue weighted by atomic mass is 35.5. The van der Waals surface area contributed by atoms with Crippen LogP contribution in [0.15, 0.2) is 18.2 Å². The quantitative estimate of drug-likeness (QED) is 0.838. The van der Waals surface area contributed by atoms with Gasteiger partial charge in [0.15, 0.2) is 0 Å². The number of amides is 1. The first-order chi connectivity index (χ1) is 9.15. The molecule has 0 aliphatic heterocycles. The zero-order valence-corrected chi connectivity index (χ0v) is 12.0. The molecule has 0 spiro atoms. The van der Waals surface area contributed by atoms with Gasteiger partial charge in [0, 0.05) is 11.4 Å². The molecule has 1 aliphatic carbocycles. The molecule has 1 amide bonds. The molecule has 1 saturated carbocycles. The molecule has 0 unspecified atom stereocenters. The summed E-state index contributed by atoms with van der Waals surface area (Å²) in [5, 5.41) is 0.750. The third-order valence-corrected chi connectivity index (χ3v) is 3.93. The van der Waals surface area contributed by atoms with Crippen molar-refractivity contribution >= 4 is 17.5 Å². The van der Waals surface area contributed by atoms with Crippen LogP contribution in [-0.2, 0) is 16.1 Å². The Kier molecular flexibility index (Phi) is 5.23. The van der Waals surface area contributed by atoms with Crippen LogP contribution in [0.25, 0.3) is 0 Å². The average molecular weight is 282 g/mol. The molecule has 4 heteroatoms. The number of aryl methyl sites for hydroxylation is 2. The van der Waals surface area contributed by atoms with Gasteiger partial charge in [0.25, 0.3) is 0 Å². The molecule has 104 valence electrons. The summed E-state index contributed by atoms with van der Waals surface area (Å²) < 4.78 is 0. The van der Waals surface area contributed by atoms with Crippen LogP contribution in [0, 0.1) is 6.92 Å². The van der Waals surface area contributed by atoms with Crippen molar-refractivity contribution in [1.82, 2.24) is 5.48 Å². The molecule has 19 heavy (non-hydrogen) atoms. The highest BCUT2D eigenvalue weighted by Gasteiger charge is 2.16. The number of hydroxylamine groups is 1. The van der Waals surface area contributed by atoms with Crippen molar-refractivity contribution < 1.29 is 9.63 Å². The van der Waals surface area contributed by atoms with Gasteiger partial charge >= 0.3 is 0 Å². The molecule has 1 N–H and O–H groups in total. The van der Waals surface area contributed by atoms with Crippen molar-refractivity contribution in [3.05, 3.63) is 34.3 Å². The van der Waals surface area contributed by atoms with Gasteiger partial charge in [0.05, 0.1) is 6.10 Å². The van der Waals surface area contributed by atoms with E-state index in [1.807, 2.05) is 25.1 Å². The lowest BCUT2D eigenvalue weighted by molar-refractivity contribution is -0.138. The van der Waals surface area contributed by atoms with Gasteiger partial charge in [0.1, 0.15) is 0 Å². The standard InChI is InChI=1S/C15H20ClNO2/c1-11-6-7-12(10-14(11)16)8-9-15(18)17-19-13-4-2-3-5-13/h6-7,10,13H,2-5,8-9H2,1H3,(H,17,18). The number of nitrogens with one attached hydrogen (secondary N) is 1. The molecule has 1 aliphatic rings. The molecule has 3 nitrogen and oxygen atoms in total. The Labute approximate surface area is 119 Å². The molecule has 1 fully saturated rings. The van der Waals surface area contributed by atoms with Gasteiger partial charge in [-0.25, -0.2) is 5.48 Å². The Balaban J connectivity index is 1.71. The SMILES string of the molecule is Cc1ccc(CCC(=O)NOC2CCCC2)cc1Cl. The molecule has 1 aromatic carbocycles. The van der Waals surface area contributed by atoms with E-state index in [-0.39, 0.29) is 12.0 Å². The van der Waals surface area contributed by atoms with Crippen LogP contribution in [0.3, 0.4) is 0 Å². The van der Waals surface area contributed by atoms with Crippen LogP contribution < -0.4 is 5.48 Å². The first-order valence-corrected chi connectivity index (χ1v) is 7.22. The lowest BCUT2D eigenvalue weighted by Gasteiger charge is -2.11. The van der Waals surface area contributed by atoms with Crippen molar-refractivity contribution in [2.24, 2.45) is 0 Å². The van der Waals surface area contributed by atoms with Crippen LogP contribution >= 0.6 is 11.6 Å². The van der Waals surface area contributed by atoms with Gasteiger partial charge in [-0.05, 0) is 43.4 Å². The number of hydrogen-bond donors (Lipinski definition) is 1. The fraction of sp³-hybridized carbons (Fsp3) is 0.533. The summed E-state index contributed by atoms with van der Waals surface area (Å²) in [4.78, 5) is 17.0. The lowest BCUT2D eigenvalue weighted by atomic mass is 10.1. The Morgan fingerprint density at radius 1 is 1.42 bits per heavy atom. The van der Waals surface area contributed by atoms with Crippen molar-refractivity contribution in [3.63, 3.8) is 0 Å². The summed E-state index contributed by atoms with van der Waals surface area (Å²) in [5.41, 5.74) is 4.68. The van der Waals surface area contributed by atoms with E-state index >= 15 is 0 Å². The molecule has 2 rings (SSSR count). The summed E-state index contributed by atoms with van der Waals surface area (Å²) in [6.07, 6.45) is 5.80. The maximum absolute atomic E-state index is 11.7. The molecular weight excluding hydrogens is 262 g/mol. The minimum Gasteiger partial charge on any atom is -0.273 e. The zero-order chi connectivity index (χ0) is 13.7. The van der Waals surface area contributed by atoms with Crippen molar-refractivity contribution in [3.8, 4) is 0 Å². The van der Waals surface area contributed by atoms with E-state index in [1.54, 1.807) is 0 Å². The first-order valence-electron chi connectivity index (χ1n) is 6.84. The van der Waals surface area contributed by atoms with E-state index in [1.165, 1.54) is 12.8 Å². The highest BCUT2D eigenvalue weighted by Crippen LogP contribution is 2.20. The van der Waals surface area contributed by atoms with E-state index in [2.05, 4.69) is 5.48 Å². The fourth-order valence-corrected chi connectivity index (χ4v) is 2.46. The normalized spacial score (nSPS) is 15.7. The zero-order valence-electron chi connectivity index (χ0n) is 11.2. The smallest absolute Gasteiger partial charge is 0.243 e. The topological polar surface area (TPSA) is 38.3 Å². The van der Waals surface area contributed by atoms with Gasteiger partial charge in [-0.2, -0.15) is 0 Å². The number of carbonyl (C=O) groups is 1. The summed E-state index contributed by atoms with van der Waals surface area (Å²) in [7, 11) is 0. The van der Waals surface area contributed by atoms with Crippen LogP contribution in [0.1, 0.15) is 43.2 Å². The lowest BCUT2D eigenvalue weighted by Crippen LogP contribution is -2.28. The van der Waals surface area contributed by atoms with Crippen LogP contribution in [-0.4, -0.2) is 12.0 Å². The summed E-state index contributed by atoms with van der Waals surface area (Å²) >= 11 is 6.05. The number of rotatable bonds is 5. The van der Waals surface area contributed by atoms with Crippen LogP contribution in [0.2, 0.25) is 5.02 Å². The fourth-order valence-electron chi connectivity index (χ4n) is 2.26. The van der Waals surface area contributed by atoms with E-state index in [0.29, 0.717) is 12.8 Å². The molecular formula is C15H20ClNO2. The monoisotopic (exact) mass is 281 g/mol. The summed E-state index contributed by atoms with van der Waals surface area (Å²) in [6.45, 7) is 1.97. The van der Waals surface area contributed by atoms with Crippen molar-refractivity contribution in [2.75, 3.05) is 0 Å². The van der Waals surface area contributed by atoms with E-state index in [9.17, 15) is 4.79 Å². The first kappa shape index (κ1) is 14.4. The minimum atomic E-state index is -0.0661. The van der Waals surface area contributed by atoms with E-state index in [4.69, 9.17) is 16.4 Å². The Hall–Kier alpha value is -1.06. The largest absolute Gasteiger partial charge is 0.273 e. The summed E-state index contributed by atoms with van der Waals surface area (Å²) in [5.74, 6) is -0.0661. The van der Waals surface area contributed by atoms with Gasteiger partial charge in [0.2, 0.25) is 5.91 Å². The second kappa shape index (κ2) is 6.92. The minimum absolute atomic E-state index is 0.0661. The molecule has 0 heterocycles. The summed E-state index contributed by atoms with van der Waals surface area (Å²) in [6, 6.07) is 5.90. The molecule has 0 atom stereocenters. The van der Waals surface area contributed by atoms with E-state index < -0.39 is 0 Å². The Morgan fingerprint density at radius 3 is 2.84 bits per heavy atom. The maximum atomic E-state index is 11.7. The number of hydrogen-bond acceptors (Lipinski definition) is 2. The number of benzene rings is 1. The van der Waals surface area contributed by atoms with Crippen LogP contribution in [0.5, 0.6) is 0 Å². The van der Waals surface area contributed by atoms with E-state index in [0.717, 1.165) is 29.0 Å². The highest BCUT2D eigenvalue weighted by molar-refractivity contribution is 6.31. The predicted molar refractivity (Wildman–Crippen MR) is 76.0 cm³/mol. The maximum Gasteiger partial charge on any atom is 0.243 e. The molecule has 0 aromatic heterocycles. The second-order valence-electron chi connectivity index (χ2n) is 5.13. The van der Waals surface area contributed by atoms with Crippen LogP contribution in [0.4, 0.5) is 0 Å². The second-order valence-corrected chi connectivity index (χ2v) is 5.54. The molecule has 0 bridgehead atoms.